The number of benzene rings is 1. The molecule has 1 unspecified atom stereocenters. The number of ether oxygens (including phenoxy) is 3. The lowest BCUT2D eigenvalue weighted by molar-refractivity contribution is -0.151. The largest absolute Gasteiger partial charge is 0.465 e. The third-order valence-corrected chi connectivity index (χ3v) is 7.18. The molecule has 1 heterocycles. The van der Waals surface area contributed by atoms with Gasteiger partial charge in [0.15, 0.2) is 6.29 Å². The van der Waals surface area contributed by atoms with E-state index in [0.717, 1.165) is 63.7 Å². The smallest absolute Gasteiger partial charge is 0.306 e. The van der Waals surface area contributed by atoms with Crippen LogP contribution < -0.4 is 4.74 Å². The van der Waals surface area contributed by atoms with E-state index < -0.39 is 0 Å². The number of esters is 1. The standard InChI is InChI=1S/C29H46O4/c1-2-3-4-5-6-7-8-9-10-17-28(30)33-27-16-12-11-15-26(27)24-19-21-25(22-20-24)32-29-18-13-14-23-31-29/h19-22,26-27,29H,2-18,23H2,1H3/t26-,27+,29?/m1/s1. The Hall–Kier alpha value is -1.55. The molecule has 33 heavy (non-hydrogen) atoms. The van der Waals surface area contributed by atoms with Crippen molar-refractivity contribution in [1.82, 2.24) is 0 Å². The molecule has 1 aromatic rings. The van der Waals surface area contributed by atoms with Gasteiger partial charge in [-0.1, -0.05) is 76.8 Å². The topological polar surface area (TPSA) is 44.8 Å². The summed E-state index contributed by atoms with van der Waals surface area (Å²) < 4.78 is 17.7. The Balaban J connectivity index is 1.37. The SMILES string of the molecule is CCCCCCCCCCCC(=O)O[C@H]1CCCC[C@@H]1c1ccc(OC2CCCCO2)cc1. The van der Waals surface area contributed by atoms with Gasteiger partial charge in [-0.25, -0.2) is 0 Å². The predicted molar refractivity (Wildman–Crippen MR) is 134 cm³/mol. The summed E-state index contributed by atoms with van der Waals surface area (Å²) in [6, 6.07) is 8.39. The average molecular weight is 459 g/mol. The van der Waals surface area contributed by atoms with E-state index in [9.17, 15) is 4.79 Å². The van der Waals surface area contributed by atoms with Gasteiger partial charge in [0.05, 0.1) is 6.61 Å². The van der Waals surface area contributed by atoms with Crippen molar-refractivity contribution in [2.75, 3.05) is 6.61 Å². The minimum atomic E-state index is -0.117. The van der Waals surface area contributed by atoms with Crippen LogP contribution in [-0.4, -0.2) is 25.0 Å². The van der Waals surface area contributed by atoms with E-state index in [0.29, 0.717) is 12.3 Å². The fourth-order valence-corrected chi connectivity index (χ4v) is 5.18. The predicted octanol–water partition coefficient (Wildman–Crippen LogP) is 8.08. The second-order valence-electron chi connectivity index (χ2n) is 9.98. The van der Waals surface area contributed by atoms with Crippen LogP contribution in [0.25, 0.3) is 0 Å². The summed E-state index contributed by atoms with van der Waals surface area (Å²) in [7, 11) is 0. The zero-order chi connectivity index (χ0) is 23.1. The fraction of sp³-hybridized carbons (Fsp3) is 0.759. The van der Waals surface area contributed by atoms with Crippen LogP contribution in [0.4, 0.5) is 0 Å². The van der Waals surface area contributed by atoms with Crippen LogP contribution in [-0.2, 0) is 14.3 Å². The lowest BCUT2D eigenvalue weighted by Crippen LogP contribution is -2.28. The van der Waals surface area contributed by atoms with Gasteiger partial charge in [-0.3, -0.25) is 4.79 Å². The van der Waals surface area contributed by atoms with E-state index in [1.54, 1.807) is 0 Å². The number of rotatable bonds is 14. The minimum Gasteiger partial charge on any atom is -0.465 e. The monoisotopic (exact) mass is 458 g/mol. The highest BCUT2D eigenvalue weighted by Crippen LogP contribution is 2.36. The molecule has 1 aliphatic heterocycles. The first kappa shape index (κ1) is 26.1. The summed E-state index contributed by atoms with van der Waals surface area (Å²) in [5, 5.41) is 0. The molecule has 0 aromatic heterocycles. The van der Waals surface area contributed by atoms with E-state index in [-0.39, 0.29) is 18.4 Å². The molecule has 0 amide bonds. The van der Waals surface area contributed by atoms with Gasteiger partial charge >= 0.3 is 5.97 Å². The van der Waals surface area contributed by atoms with Crippen molar-refractivity contribution in [3.63, 3.8) is 0 Å². The molecule has 0 bridgehead atoms. The van der Waals surface area contributed by atoms with Crippen molar-refractivity contribution in [3.05, 3.63) is 29.8 Å². The molecular formula is C29H46O4. The average Bonchev–Trinajstić information content (AvgIpc) is 2.85. The number of unbranched alkanes of at least 4 members (excludes halogenated alkanes) is 8. The Kier molecular flexibility index (Phi) is 12.1. The first-order valence-electron chi connectivity index (χ1n) is 13.8. The normalized spacial score (nSPS) is 23.2. The van der Waals surface area contributed by atoms with Crippen molar-refractivity contribution in [1.29, 1.82) is 0 Å². The van der Waals surface area contributed by atoms with E-state index >= 15 is 0 Å². The van der Waals surface area contributed by atoms with Gasteiger partial charge in [-0.05, 0) is 56.2 Å². The van der Waals surface area contributed by atoms with Crippen LogP contribution in [0.3, 0.4) is 0 Å². The maximum Gasteiger partial charge on any atom is 0.306 e. The third kappa shape index (κ3) is 9.68. The van der Waals surface area contributed by atoms with Crippen molar-refractivity contribution in [3.8, 4) is 5.75 Å². The van der Waals surface area contributed by atoms with E-state index in [2.05, 4.69) is 19.1 Å². The Bertz CT molecular complexity index is 650. The number of hydrogen-bond acceptors (Lipinski definition) is 4. The van der Waals surface area contributed by atoms with Crippen LogP contribution in [0, 0.1) is 0 Å². The van der Waals surface area contributed by atoms with Crippen LogP contribution in [0.2, 0.25) is 0 Å². The minimum absolute atomic E-state index is 0.00996. The maximum atomic E-state index is 12.5. The summed E-state index contributed by atoms with van der Waals surface area (Å²) in [5.74, 6) is 1.15. The zero-order valence-corrected chi connectivity index (χ0v) is 20.9. The second-order valence-corrected chi connectivity index (χ2v) is 9.98. The van der Waals surface area contributed by atoms with Gasteiger partial charge in [0.2, 0.25) is 0 Å². The lowest BCUT2D eigenvalue weighted by Gasteiger charge is -2.31. The van der Waals surface area contributed by atoms with Gasteiger partial charge in [0.1, 0.15) is 11.9 Å². The lowest BCUT2D eigenvalue weighted by atomic mass is 9.81. The quantitative estimate of drug-likeness (QED) is 0.209. The summed E-state index contributed by atoms with van der Waals surface area (Å²) in [5.41, 5.74) is 1.26. The molecule has 4 nitrogen and oxygen atoms in total. The van der Waals surface area contributed by atoms with E-state index in [1.807, 2.05) is 12.1 Å². The Morgan fingerprint density at radius 2 is 1.52 bits per heavy atom. The van der Waals surface area contributed by atoms with Crippen LogP contribution in [0.5, 0.6) is 5.75 Å². The van der Waals surface area contributed by atoms with Gasteiger partial charge in [0.25, 0.3) is 0 Å². The van der Waals surface area contributed by atoms with Crippen molar-refractivity contribution in [2.24, 2.45) is 0 Å². The van der Waals surface area contributed by atoms with Crippen molar-refractivity contribution in [2.45, 2.75) is 134 Å². The summed E-state index contributed by atoms with van der Waals surface area (Å²) >= 11 is 0. The second kappa shape index (κ2) is 15.4. The molecule has 0 radical (unpaired) electrons. The third-order valence-electron chi connectivity index (χ3n) is 7.18. The highest BCUT2D eigenvalue weighted by molar-refractivity contribution is 5.69. The highest BCUT2D eigenvalue weighted by Gasteiger charge is 2.29. The van der Waals surface area contributed by atoms with Gasteiger partial charge in [0, 0.05) is 18.8 Å². The molecule has 186 valence electrons. The van der Waals surface area contributed by atoms with E-state index in [4.69, 9.17) is 14.2 Å². The first-order chi connectivity index (χ1) is 16.3. The van der Waals surface area contributed by atoms with Crippen LogP contribution >= 0.6 is 0 Å². The van der Waals surface area contributed by atoms with Crippen LogP contribution in [0.15, 0.2) is 24.3 Å². The Labute approximate surface area is 201 Å². The van der Waals surface area contributed by atoms with Gasteiger partial charge in [-0.2, -0.15) is 0 Å². The molecule has 3 rings (SSSR count). The number of carbonyl (C=O) groups excluding carboxylic acids is 1. The molecule has 1 saturated heterocycles. The number of hydrogen-bond donors (Lipinski definition) is 0. The Morgan fingerprint density at radius 3 is 2.21 bits per heavy atom. The molecule has 2 fully saturated rings. The highest BCUT2D eigenvalue weighted by atomic mass is 16.7. The summed E-state index contributed by atoms with van der Waals surface area (Å²) in [6.07, 6.45) is 19.5. The fourth-order valence-electron chi connectivity index (χ4n) is 5.18. The van der Waals surface area contributed by atoms with Gasteiger partial charge in [-0.15, -0.1) is 0 Å². The molecule has 1 saturated carbocycles. The molecule has 4 heteroatoms. The molecule has 0 spiro atoms. The maximum absolute atomic E-state index is 12.5. The molecule has 3 atom stereocenters. The zero-order valence-electron chi connectivity index (χ0n) is 20.9. The van der Waals surface area contributed by atoms with E-state index in [1.165, 1.54) is 56.9 Å². The van der Waals surface area contributed by atoms with Crippen molar-refractivity contribution < 1.29 is 19.0 Å². The van der Waals surface area contributed by atoms with Crippen LogP contribution in [0.1, 0.15) is 128 Å². The number of carbonyl (C=O) groups is 1. The van der Waals surface area contributed by atoms with Crippen molar-refractivity contribution >= 4 is 5.97 Å². The Morgan fingerprint density at radius 1 is 0.848 bits per heavy atom. The molecule has 1 aromatic carbocycles. The summed E-state index contributed by atoms with van der Waals surface area (Å²) in [6.45, 7) is 3.05. The molecule has 1 aliphatic carbocycles. The molecule has 2 aliphatic rings. The summed E-state index contributed by atoms with van der Waals surface area (Å²) in [4.78, 5) is 12.5. The first-order valence-corrected chi connectivity index (χ1v) is 13.8. The molecule has 0 N–H and O–H groups in total. The molecular weight excluding hydrogens is 412 g/mol. The van der Waals surface area contributed by atoms with Gasteiger partial charge < -0.3 is 14.2 Å².